The molecule has 0 bridgehead atoms. The Morgan fingerprint density at radius 2 is 0.662 bits per heavy atom. The van der Waals surface area contributed by atoms with E-state index in [0.717, 1.165) is 27.5 Å². The second kappa shape index (κ2) is 20.0. The van der Waals surface area contributed by atoms with E-state index in [9.17, 15) is 0 Å². The fraction of sp³-hybridized carbons (Fsp3) is 0.113. The summed E-state index contributed by atoms with van der Waals surface area (Å²) in [4.78, 5) is 26.9. The van der Waals surface area contributed by atoms with Gasteiger partial charge in [-0.05, 0) is 131 Å². The zero-order valence-corrected chi connectivity index (χ0v) is 46.1. The van der Waals surface area contributed by atoms with Crippen LogP contribution in [0.5, 0.6) is 0 Å². The van der Waals surface area contributed by atoms with Crippen molar-refractivity contribution in [1.29, 1.82) is 0 Å². The van der Waals surface area contributed by atoms with Gasteiger partial charge in [0.1, 0.15) is 0 Å². The average Bonchev–Trinajstić information content (AvgIpc) is 3.85. The van der Waals surface area contributed by atoms with Crippen molar-refractivity contribution in [3.05, 3.63) is 278 Å². The van der Waals surface area contributed by atoms with Crippen molar-refractivity contribution in [3.63, 3.8) is 0 Å². The fourth-order valence-corrected chi connectivity index (χ4v) is 18.9. The van der Waals surface area contributed by atoms with Crippen molar-refractivity contribution in [1.82, 2.24) is 19.5 Å². The van der Waals surface area contributed by atoms with Crippen LogP contribution in [0, 0.1) is 0 Å². The summed E-state index contributed by atoms with van der Waals surface area (Å²) < 4.78 is 2.32. The van der Waals surface area contributed by atoms with E-state index in [4.69, 9.17) is 15.0 Å². The minimum absolute atomic E-state index is 0.0755. The molecule has 0 amide bonds. The molecule has 6 heteroatoms. The van der Waals surface area contributed by atoms with Crippen molar-refractivity contribution >= 4 is 41.9 Å². The molecule has 4 nitrogen and oxygen atoms in total. The Hall–Kier alpha value is -8.29. The maximum Gasteiger partial charge on any atom is 0.238 e. The van der Waals surface area contributed by atoms with E-state index < -0.39 is 20.1 Å². The van der Waals surface area contributed by atoms with Crippen LogP contribution in [0.15, 0.2) is 306 Å². The predicted molar refractivity (Wildman–Crippen MR) is 322 cm³/mol. The van der Waals surface area contributed by atoms with Gasteiger partial charge in [0.2, 0.25) is 5.95 Å². The molecule has 77 heavy (non-hydrogen) atoms. The van der Waals surface area contributed by atoms with Gasteiger partial charge in [-0.2, -0.15) is 9.97 Å². The molecule has 10 aromatic carbocycles. The van der Waals surface area contributed by atoms with Gasteiger partial charge < -0.3 is 0 Å². The quantitative estimate of drug-likeness (QED) is 0.130. The molecule has 378 valence electrons. The maximum absolute atomic E-state index is 5.68. The smallest absolute Gasteiger partial charge is 0.238 e. The van der Waals surface area contributed by atoms with E-state index in [-0.39, 0.29) is 10.8 Å². The molecule has 0 aliphatic rings. The third kappa shape index (κ3) is 8.76. The molecule has 0 radical (unpaired) electrons. The van der Waals surface area contributed by atoms with Crippen LogP contribution in [0.3, 0.4) is 0 Å². The van der Waals surface area contributed by atoms with Crippen molar-refractivity contribution in [2.75, 3.05) is 0 Å². The van der Waals surface area contributed by atoms with E-state index in [1.165, 1.54) is 55.7 Å². The Bertz CT molecular complexity index is 3650. The van der Waals surface area contributed by atoms with Crippen LogP contribution >= 0.6 is 20.1 Å². The first-order chi connectivity index (χ1) is 37.5. The average molecular weight is 1040 g/mol. The summed E-state index contributed by atoms with van der Waals surface area (Å²) in [6.45, 7) is 13.9. The van der Waals surface area contributed by atoms with Crippen LogP contribution in [0.1, 0.15) is 52.7 Å². The normalized spacial score (nSPS) is 12.7. The number of fused-ring (bicyclic) bond motifs is 3. The molecular formula is C71H62N4S2. The van der Waals surface area contributed by atoms with Crippen LogP contribution < -0.4 is 0 Å². The number of benzene rings is 10. The topological polar surface area (TPSA) is 43.6 Å². The molecule has 0 N–H and O–H groups in total. The molecule has 0 atom stereocenters. The maximum atomic E-state index is 5.68. The number of nitrogens with zero attached hydrogens (tertiary/aromatic N) is 4. The van der Waals surface area contributed by atoms with Gasteiger partial charge >= 0.3 is 0 Å². The van der Waals surface area contributed by atoms with Crippen molar-refractivity contribution < 1.29 is 0 Å². The lowest BCUT2D eigenvalue weighted by Crippen LogP contribution is -2.18. The van der Waals surface area contributed by atoms with Crippen LogP contribution in [0.2, 0.25) is 0 Å². The second-order valence-corrected chi connectivity index (χ2v) is 27.9. The molecule has 2 heterocycles. The first-order valence-corrected chi connectivity index (χ1v) is 29.8. The van der Waals surface area contributed by atoms with Crippen LogP contribution in [-0.4, -0.2) is 19.5 Å². The Morgan fingerprint density at radius 3 is 1.03 bits per heavy atom. The minimum atomic E-state index is -2.03. The summed E-state index contributed by atoms with van der Waals surface area (Å²) in [5, 5.41) is 2.35. The molecule has 0 saturated carbocycles. The highest BCUT2D eigenvalue weighted by Gasteiger charge is 2.36. The molecule has 12 aromatic rings. The fourth-order valence-electron chi connectivity index (χ4n) is 11.1. The molecule has 0 spiro atoms. The molecule has 0 saturated heterocycles. The highest BCUT2D eigenvalue weighted by atomic mass is 32.3. The lowest BCUT2D eigenvalue weighted by molar-refractivity contribution is 0.572. The highest BCUT2D eigenvalue weighted by Crippen LogP contribution is 2.75. The first kappa shape index (κ1) is 49.6. The van der Waals surface area contributed by atoms with E-state index in [2.05, 4.69) is 313 Å². The van der Waals surface area contributed by atoms with Gasteiger partial charge in [-0.15, -0.1) is 20.1 Å². The van der Waals surface area contributed by atoms with Gasteiger partial charge in [-0.25, -0.2) is 4.98 Å². The summed E-state index contributed by atoms with van der Waals surface area (Å²) in [5.41, 5.74) is 6.22. The largest absolute Gasteiger partial charge is 0.277 e. The lowest BCUT2D eigenvalue weighted by atomic mass is 9.79. The third-order valence-electron chi connectivity index (χ3n) is 14.7. The van der Waals surface area contributed by atoms with Crippen LogP contribution in [0.4, 0.5) is 0 Å². The Labute approximate surface area is 456 Å². The van der Waals surface area contributed by atoms with Crippen molar-refractivity contribution in [2.24, 2.45) is 0 Å². The molecular weight excluding hydrogens is 973 g/mol. The third-order valence-corrected chi connectivity index (χ3v) is 22.5. The summed E-state index contributed by atoms with van der Waals surface area (Å²) >= 11 is 0. The van der Waals surface area contributed by atoms with Gasteiger partial charge in [0.15, 0.2) is 11.6 Å². The van der Waals surface area contributed by atoms with E-state index in [1.807, 2.05) is 0 Å². The van der Waals surface area contributed by atoms with E-state index >= 15 is 0 Å². The first-order valence-electron chi connectivity index (χ1n) is 26.5. The Morgan fingerprint density at radius 1 is 0.312 bits per heavy atom. The monoisotopic (exact) mass is 1030 g/mol. The summed E-state index contributed by atoms with van der Waals surface area (Å²) in [6, 6.07) is 97.7. The number of aromatic nitrogens is 4. The standard InChI is InChI=1S/C71H62N4S2/c1-70(2,3)53-49-63-62-45-25-26-46-65(62)75(66(63)64(50-53)71(4,5)6)69-73-67(51-29-27-43-60(47-51)76(54-31-13-7-14-32-54,55-33-15-8-16-34-55)56-35-17-9-18-36-56)72-68(74-69)52-30-28-44-61(48-52)77(57-37-19-10-20-38-57,58-39-21-11-22-40-58)59-41-23-12-24-42-59/h7-50H,1-6H3. The molecule has 12 rings (SSSR count). The SMILES string of the molecule is CC(C)(C)c1cc(C(C)(C)C)c2c(c1)c1ccccc1n2-c1nc(-c2cccc(S(c3ccccc3)(c3ccccc3)c3ccccc3)c2)nc(-c2cccc(S(c3ccccc3)(c3ccccc3)c3ccccc3)c2)n1. The molecule has 0 unspecified atom stereocenters. The van der Waals surface area contributed by atoms with Gasteiger partial charge in [0.25, 0.3) is 0 Å². The summed E-state index contributed by atoms with van der Waals surface area (Å²) in [6.07, 6.45) is 0. The number of hydrogen-bond acceptors (Lipinski definition) is 3. The van der Waals surface area contributed by atoms with Crippen LogP contribution in [-0.2, 0) is 10.8 Å². The van der Waals surface area contributed by atoms with Gasteiger partial charge in [-0.1, -0.05) is 199 Å². The summed E-state index contributed by atoms with van der Waals surface area (Å²) in [5.74, 6) is 1.77. The molecule has 0 fully saturated rings. The van der Waals surface area contributed by atoms with E-state index in [0.29, 0.717) is 17.6 Å². The van der Waals surface area contributed by atoms with Gasteiger partial charge in [0.05, 0.1) is 11.0 Å². The molecule has 0 aliphatic carbocycles. The summed E-state index contributed by atoms with van der Waals surface area (Å²) in [7, 11) is -4.06. The van der Waals surface area contributed by atoms with Gasteiger partial charge in [-0.3, -0.25) is 4.57 Å². The second-order valence-electron chi connectivity index (χ2n) is 21.7. The zero-order valence-electron chi connectivity index (χ0n) is 44.5. The molecule has 2 aromatic heterocycles. The van der Waals surface area contributed by atoms with Crippen molar-refractivity contribution in [3.8, 4) is 28.7 Å². The zero-order chi connectivity index (χ0) is 52.8. The minimum Gasteiger partial charge on any atom is -0.277 e. The highest BCUT2D eigenvalue weighted by molar-refractivity contribution is 8.34. The lowest BCUT2D eigenvalue weighted by Gasteiger charge is -2.42. The van der Waals surface area contributed by atoms with E-state index in [1.54, 1.807) is 0 Å². The number of rotatable bonds is 11. The Kier molecular flexibility index (Phi) is 12.9. The van der Waals surface area contributed by atoms with Gasteiger partial charge in [0, 0.05) is 61.1 Å². The predicted octanol–water partition coefficient (Wildman–Crippen LogP) is 19.6. The number of hydrogen-bond donors (Lipinski definition) is 0. The van der Waals surface area contributed by atoms with Crippen molar-refractivity contribution in [2.45, 2.75) is 91.5 Å². The molecule has 0 aliphatic heterocycles. The Balaban J connectivity index is 1.17. The van der Waals surface area contributed by atoms with Crippen LogP contribution in [0.25, 0.3) is 50.5 Å². The number of para-hydroxylation sites is 1.